The Kier molecular flexibility index (Phi) is 9.20. The van der Waals surface area contributed by atoms with Gasteiger partial charge in [-0.1, -0.05) is 12.1 Å². The van der Waals surface area contributed by atoms with E-state index < -0.39 is 6.10 Å². The van der Waals surface area contributed by atoms with Gasteiger partial charge in [-0.15, -0.1) is 0 Å². The predicted molar refractivity (Wildman–Crippen MR) is 99.1 cm³/mol. The summed E-state index contributed by atoms with van der Waals surface area (Å²) in [6, 6.07) is 11.7. The van der Waals surface area contributed by atoms with E-state index in [-0.39, 0.29) is 6.61 Å². The highest BCUT2D eigenvalue weighted by Gasteiger charge is 2.13. The van der Waals surface area contributed by atoms with Crippen molar-refractivity contribution in [3.63, 3.8) is 0 Å². The Hall–Kier alpha value is -1.86. The summed E-state index contributed by atoms with van der Waals surface area (Å²) in [4.78, 5) is 2.21. The van der Waals surface area contributed by atoms with Gasteiger partial charge >= 0.3 is 0 Å². The number of benzene rings is 1. The van der Waals surface area contributed by atoms with E-state index >= 15 is 0 Å². The first-order chi connectivity index (χ1) is 12.7. The van der Waals surface area contributed by atoms with Gasteiger partial charge in [0.2, 0.25) is 0 Å². The maximum Gasteiger partial charge on any atom is 0.129 e. The van der Waals surface area contributed by atoms with Gasteiger partial charge < -0.3 is 23.7 Å². The van der Waals surface area contributed by atoms with Crippen molar-refractivity contribution >= 4 is 0 Å². The number of hydrogen-bond acceptors (Lipinski definition) is 6. The molecule has 1 aromatic carbocycles. The molecule has 144 valence electrons. The summed E-state index contributed by atoms with van der Waals surface area (Å²) in [5.74, 6) is 1.60. The van der Waals surface area contributed by atoms with Crippen molar-refractivity contribution in [1.82, 2.24) is 4.90 Å². The fraction of sp³-hybridized carbons (Fsp3) is 0.500. The van der Waals surface area contributed by atoms with Crippen LogP contribution in [0.1, 0.15) is 17.7 Å². The molecule has 0 aliphatic carbocycles. The lowest BCUT2D eigenvalue weighted by molar-refractivity contribution is 0.00281. The van der Waals surface area contributed by atoms with Crippen LogP contribution < -0.4 is 4.74 Å². The van der Waals surface area contributed by atoms with E-state index in [0.717, 1.165) is 31.0 Å². The maximum absolute atomic E-state index is 10.3. The van der Waals surface area contributed by atoms with Crippen molar-refractivity contribution in [3.8, 4) is 5.75 Å². The third kappa shape index (κ3) is 7.58. The number of methoxy groups -OCH3 is 2. The van der Waals surface area contributed by atoms with Crippen LogP contribution in [0.5, 0.6) is 5.75 Å². The second-order valence-electron chi connectivity index (χ2n) is 6.18. The molecule has 2 rings (SSSR count). The third-order valence-corrected chi connectivity index (χ3v) is 3.99. The Balaban J connectivity index is 1.81. The van der Waals surface area contributed by atoms with Crippen molar-refractivity contribution in [1.29, 1.82) is 0 Å². The van der Waals surface area contributed by atoms with Crippen LogP contribution in [-0.4, -0.2) is 56.6 Å². The van der Waals surface area contributed by atoms with E-state index in [1.165, 1.54) is 5.56 Å². The van der Waals surface area contributed by atoms with Crippen molar-refractivity contribution in [2.45, 2.75) is 25.7 Å². The number of aliphatic hydroxyl groups is 1. The largest absolute Gasteiger partial charge is 0.497 e. The van der Waals surface area contributed by atoms with Crippen molar-refractivity contribution in [3.05, 3.63) is 54.0 Å². The molecule has 0 aliphatic rings. The normalized spacial score (nSPS) is 12.5. The summed E-state index contributed by atoms with van der Waals surface area (Å²) >= 11 is 0. The molecule has 6 nitrogen and oxygen atoms in total. The number of hydrogen-bond donors (Lipinski definition) is 1. The van der Waals surface area contributed by atoms with Crippen LogP contribution in [0.25, 0.3) is 0 Å². The second-order valence-corrected chi connectivity index (χ2v) is 6.18. The van der Waals surface area contributed by atoms with E-state index in [1.54, 1.807) is 20.5 Å². The zero-order chi connectivity index (χ0) is 18.6. The molecule has 0 bridgehead atoms. The molecule has 1 aromatic heterocycles. The van der Waals surface area contributed by atoms with Gasteiger partial charge in [0.1, 0.15) is 18.1 Å². The van der Waals surface area contributed by atoms with E-state index in [4.69, 9.17) is 18.6 Å². The average Bonchev–Trinajstić information content (AvgIpc) is 3.16. The second kappa shape index (κ2) is 11.7. The molecule has 0 saturated heterocycles. The summed E-state index contributed by atoms with van der Waals surface area (Å²) in [6.07, 6.45) is 1.96. The Morgan fingerprint density at radius 1 is 1.15 bits per heavy atom. The van der Waals surface area contributed by atoms with Crippen LogP contribution in [0.3, 0.4) is 0 Å². The van der Waals surface area contributed by atoms with E-state index in [2.05, 4.69) is 4.90 Å². The fourth-order valence-corrected chi connectivity index (χ4v) is 2.70. The summed E-state index contributed by atoms with van der Waals surface area (Å²) in [6.45, 7) is 3.46. The first kappa shape index (κ1) is 20.5. The predicted octanol–water partition coefficient (Wildman–Crippen LogP) is 2.70. The molecule has 1 heterocycles. The topological polar surface area (TPSA) is 64.3 Å². The molecular formula is C20H29NO5. The quantitative estimate of drug-likeness (QED) is 0.552. The van der Waals surface area contributed by atoms with Crippen molar-refractivity contribution in [2.75, 3.05) is 40.5 Å². The van der Waals surface area contributed by atoms with Gasteiger partial charge in [-0.05, 0) is 36.2 Å². The van der Waals surface area contributed by atoms with Crippen molar-refractivity contribution < 1.29 is 23.7 Å². The molecule has 26 heavy (non-hydrogen) atoms. The monoisotopic (exact) mass is 363 g/mol. The summed E-state index contributed by atoms with van der Waals surface area (Å²) in [7, 11) is 3.36. The number of ether oxygens (including phenoxy) is 3. The SMILES string of the molecule is COCCCN(Cc1ccc(OC)cc1)C[C@@H](O)COCc1ccco1. The third-order valence-electron chi connectivity index (χ3n) is 3.99. The Labute approximate surface area is 155 Å². The van der Waals surface area contributed by atoms with Crippen LogP contribution in [0, 0.1) is 0 Å². The molecule has 0 saturated carbocycles. The molecule has 2 aromatic rings. The summed E-state index contributed by atoms with van der Waals surface area (Å²) in [5.41, 5.74) is 1.17. The van der Waals surface area contributed by atoms with Crippen LogP contribution >= 0.6 is 0 Å². The van der Waals surface area contributed by atoms with Crippen LogP contribution in [0.15, 0.2) is 47.1 Å². The number of aliphatic hydroxyl groups excluding tert-OH is 1. The molecule has 0 radical (unpaired) electrons. The minimum atomic E-state index is -0.564. The van der Waals surface area contributed by atoms with Gasteiger partial charge in [-0.25, -0.2) is 0 Å². The molecule has 0 spiro atoms. The Morgan fingerprint density at radius 2 is 1.96 bits per heavy atom. The standard InChI is InChI=1S/C20H29NO5/c1-23-11-4-10-21(13-17-6-8-19(24-2)9-7-17)14-18(22)15-25-16-20-5-3-12-26-20/h3,5-9,12,18,22H,4,10-11,13-16H2,1-2H3/t18-/m1/s1. The first-order valence-corrected chi connectivity index (χ1v) is 8.83. The number of rotatable bonds is 13. The van der Waals surface area contributed by atoms with E-state index in [9.17, 15) is 5.11 Å². The highest BCUT2D eigenvalue weighted by atomic mass is 16.5. The maximum atomic E-state index is 10.3. The smallest absolute Gasteiger partial charge is 0.129 e. The number of furan rings is 1. The molecule has 0 unspecified atom stereocenters. The Bertz CT molecular complexity index is 585. The molecule has 0 aliphatic heterocycles. The van der Waals surface area contributed by atoms with Crippen LogP contribution in [0.4, 0.5) is 0 Å². The summed E-state index contributed by atoms with van der Waals surface area (Å²) in [5, 5.41) is 10.3. The fourth-order valence-electron chi connectivity index (χ4n) is 2.70. The lowest BCUT2D eigenvalue weighted by Crippen LogP contribution is -2.35. The molecule has 0 amide bonds. The van der Waals surface area contributed by atoms with Gasteiger partial charge in [0, 0.05) is 33.4 Å². The van der Waals surface area contributed by atoms with Gasteiger partial charge in [0.25, 0.3) is 0 Å². The van der Waals surface area contributed by atoms with Gasteiger partial charge in [0.15, 0.2) is 0 Å². The van der Waals surface area contributed by atoms with Gasteiger partial charge in [-0.2, -0.15) is 0 Å². The molecule has 6 heteroatoms. The zero-order valence-corrected chi connectivity index (χ0v) is 15.6. The molecule has 1 N–H and O–H groups in total. The lowest BCUT2D eigenvalue weighted by atomic mass is 10.2. The first-order valence-electron chi connectivity index (χ1n) is 8.83. The van der Waals surface area contributed by atoms with E-state index in [0.29, 0.717) is 19.8 Å². The van der Waals surface area contributed by atoms with Crippen LogP contribution in [0.2, 0.25) is 0 Å². The average molecular weight is 363 g/mol. The van der Waals surface area contributed by atoms with Gasteiger partial charge in [-0.3, -0.25) is 4.90 Å². The minimum Gasteiger partial charge on any atom is -0.497 e. The zero-order valence-electron chi connectivity index (χ0n) is 15.6. The highest BCUT2D eigenvalue weighted by Crippen LogP contribution is 2.13. The van der Waals surface area contributed by atoms with Gasteiger partial charge in [0.05, 0.1) is 26.1 Å². The molecule has 0 fully saturated rings. The lowest BCUT2D eigenvalue weighted by Gasteiger charge is -2.25. The number of nitrogens with zero attached hydrogens (tertiary/aromatic N) is 1. The summed E-state index contributed by atoms with van der Waals surface area (Å²) < 4.78 is 21.1. The molecule has 1 atom stereocenters. The molecular weight excluding hydrogens is 334 g/mol. The van der Waals surface area contributed by atoms with E-state index in [1.807, 2.05) is 36.4 Å². The Morgan fingerprint density at radius 3 is 2.62 bits per heavy atom. The van der Waals surface area contributed by atoms with Crippen LogP contribution in [-0.2, 0) is 22.6 Å². The van der Waals surface area contributed by atoms with Crippen molar-refractivity contribution in [2.24, 2.45) is 0 Å². The minimum absolute atomic E-state index is 0.268. The highest BCUT2D eigenvalue weighted by molar-refractivity contribution is 5.27.